The summed E-state index contributed by atoms with van der Waals surface area (Å²) in [6.45, 7) is -1.47. The highest BCUT2D eigenvalue weighted by molar-refractivity contribution is 7.90. The Bertz CT molecular complexity index is 949. The van der Waals surface area contributed by atoms with E-state index in [0.717, 1.165) is 6.20 Å². The fraction of sp³-hybridized carbons (Fsp3) is 0.200. The average molecular weight is 371 g/mol. The van der Waals surface area contributed by atoms with Gasteiger partial charge in [-0.1, -0.05) is 35.5 Å². The van der Waals surface area contributed by atoms with Crippen LogP contribution < -0.4 is 0 Å². The van der Waals surface area contributed by atoms with Crippen LogP contribution in [0.1, 0.15) is 5.69 Å². The number of benzene rings is 1. The van der Waals surface area contributed by atoms with Crippen molar-refractivity contribution in [3.63, 3.8) is 0 Å². The van der Waals surface area contributed by atoms with Gasteiger partial charge in [0.05, 0.1) is 17.6 Å². The number of rotatable bonds is 5. The van der Waals surface area contributed by atoms with E-state index in [1.54, 1.807) is 30.3 Å². The van der Waals surface area contributed by atoms with Crippen LogP contribution in [-0.2, 0) is 22.1 Å². The second-order valence-corrected chi connectivity index (χ2v) is 7.13. The van der Waals surface area contributed by atoms with Crippen LogP contribution in [-0.4, -0.2) is 29.3 Å². The lowest BCUT2D eigenvalue weighted by Gasteiger charge is -2.14. The number of aromatic nitrogens is 3. The molecule has 6 nitrogen and oxygen atoms in total. The molecule has 0 atom stereocenters. The lowest BCUT2D eigenvalue weighted by Crippen LogP contribution is -2.22. The third-order valence-corrected chi connectivity index (χ3v) is 4.89. The number of imidazole rings is 1. The lowest BCUT2D eigenvalue weighted by atomic mass is 10.2. The summed E-state index contributed by atoms with van der Waals surface area (Å²) in [5.74, 6) is -0.605. The second kappa shape index (κ2) is 6.36. The molecule has 0 saturated carbocycles. The van der Waals surface area contributed by atoms with Gasteiger partial charge >= 0.3 is 6.18 Å². The van der Waals surface area contributed by atoms with E-state index in [0.29, 0.717) is 10.1 Å². The minimum atomic E-state index is -4.61. The fourth-order valence-electron chi connectivity index (χ4n) is 2.35. The van der Waals surface area contributed by atoms with Gasteiger partial charge in [-0.25, -0.2) is 13.4 Å². The van der Waals surface area contributed by atoms with Gasteiger partial charge in [-0.3, -0.25) is 0 Å². The molecule has 2 heterocycles. The molecule has 132 valence electrons. The first-order valence-corrected chi connectivity index (χ1v) is 8.71. The predicted molar refractivity (Wildman–Crippen MR) is 81.1 cm³/mol. The van der Waals surface area contributed by atoms with Crippen molar-refractivity contribution in [3.8, 4) is 11.3 Å². The molecule has 1 aromatic carbocycles. The zero-order valence-corrected chi connectivity index (χ0v) is 13.5. The Balaban J connectivity index is 2.09. The van der Waals surface area contributed by atoms with E-state index in [2.05, 4.69) is 14.7 Å². The first-order valence-electron chi connectivity index (χ1n) is 7.06. The highest BCUT2D eigenvalue weighted by Gasteiger charge is 2.34. The van der Waals surface area contributed by atoms with Crippen LogP contribution in [0, 0.1) is 0 Å². The van der Waals surface area contributed by atoms with E-state index in [1.165, 1.54) is 12.3 Å². The van der Waals surface area contributed by atoms with Crippen molar-refractivity contribution in [2.45, 2.75) is 23.6 Å². The Labute approximate surface area is 140 Å². The molecule has 0 N–H and O–H groups in total. The molecule has 10 heteroatoms. The van der Waals surface area contributed by atoms with E-state index >= 15 is 0 Å². The molecule has 0 aliphatic rings. The Morgan fingerprint density at radius 3 is 2.44 bits per heavy atom. The molecule has 0 radical (unpaired) electrons. The molecule has 0 aliphatic heterocycles. The van der Waals surface area contributed by atoms with E-state index in [4.69, 9.17) is 0 Å². The monoisotopic (exact) mass is 371 g/mol. The van der Waals surface area contributed by atoms with Crippen molar-refractivity contribution in [3.05, 3.63) is 54.6 Å². The van der Waals surface area contributed by atoms with Crippen LogP contribution in [0.2, 0.25) is 0 Å². The van der Waals surface area contributed by atoms with Gasteiger partial charge in [0.25, 0.3) is 0 Å². The van der Waals surface area contributed by atoms with Gasteiger partial charge in [-0.2, -0.15) is 13.2 Å². The molecule has 0 unspecified atom stereocenters. The zero-order chi connectivity index (χ0) is 18.1. The quantitative estimate of drug-likeness (QED) is 0.689. The Kier molecular flexibility index (Phi) is 4.38. The minimum Gasteiger partial charge on any atom is -0.364 e. The molecule has 25 heavy (non-hydrogen) atoms. The molecule has 0 saturated heterocycles. The van der Waals surface area contributed by atoms with Gasteiger partial charge in [0.1, 0.15) is 18.6 Å². The molecule has 0 spiro atoms. The van der Waals surface area contributed by atoms with Crippen molar-refractivity contribution in [1.82, 2.24) is 14.7 Å². The van der Waals surface area contributed by atoms with Gasteiger partial charge in [-0.05, 0) is 5.56 Å². The standard InChI is InChI=1S/C15H12F3N3O3S/c16-15(17,18)10-21-13(11-4-2-1-3-5-11)8-19-14(21)25(22,23)9-12-6-7-24-20-12/h1-8H,9-10H2. The van der Waals surface area contributed by atoms with Crippen molar-refractivity contribution in [2.24, 2.45) is 0 Å². The maximum absolute atomic E-state index is 13.0. The molecule has 2 aromatic heterocycles. The molecule has 0 fully saturated rings. The summed E-state index contributed by atoms with van der Waals surface area (Å²) in [5.41, 5.74) is 0.585. The molecule has 0 aliphatic carbocycles. The summed E-state index contributed by atoms with van der Waals surface area (Å²) in [6, 6.07) is 9.48. The number of nitrogens with zero attached hydrogens (tertiary/aromatic N) is 3. The Morgan fingerprint density at radius 2 is 1.84 bits per heavy atom. The summed E-state index contributed by atoms with van der Waals surface area (Å²) >= 11 is 0. The molecular formula is C15H12F3N3O3S. The van der Waals surface area contributed by atoms with Crippen LogP contribution in [0.15, 0.2) is 58.5 Å². The first-order chi connectivity index (χ1) is 11.8. The largest absolute Gasteiger partial charge is 0.406 e. The average Bonchev–Trinajstić information content (AvgIpc) is 3.16. The normalized spacial score (nSPS) is 12.4. The van der Waals surface area contributed by atoms with Gasteiger partial charge < -0.3 is 9.09 Å². The molecule has 0 bridgehead atoms. The van der Waals surface area contributed by atoms with Crippen molar-refractivity contribution in [1.29, 1.82) is 0 Å². The van der Waals surface area contributed by atoms with E-state index < -0.39 is 33.5 Å². The molecule has 3 aromatic rings. The van der Waals surface area contributed by atoms with Crippen LogP contribution in [0.25, 0.3) is 11.3 Å². The third kappa shape index (κ3) is 3.90. The van der Waals surface area contributed by atoms with Crippen molar-refractivity contribution < 1.29 is 26.1 Å². The zero-order valence-electron chi connectivity index (χ0n) is 12.6. The molecule has 0 amide bonds. The second-order valence-electron chi connectivity index (χ2n) is 5.24. The summed E-state index contributed by atoms with van der Waals surface area (Å²) < 4.78 is 69.2. The van der Waals surface area contributed by atoms with E-state index in [-0.39, 0.29) is 11.4 Å². The van der Waals surface area contributed by atoms with Crippen LogP contribution in [0.3, 0.4) is 0 Å². The summed E-state index contributed by atoms with van der Waals surface area (Å²) in [7, 11) is -4.14. The summed E-state index contributed by atoms with van der Waals surface area (Å²) in [6.07, 6.45) is -2.30. The van der Waals surface area contributed by atoms with E-state index in [9.17, 15) is 21.6 Å². The van der Waals surface area contributed by atoms with E-state index in [1.807, 2.05) is 0 Å². The summed E-state index contributed by atoms with van der Waals surface area (Å²) in [5, 5.41) is 2.82. The van der Waals surface area contributed by atoms with Crippen molar-refractivity contribution in [2.75, 3.05) is 0 Å². The topological polar surface area (TPSA) is 78.0 Å². The molecular weight excluding hydrogens is 359 g/mol. The summed E-state index contributed by atoms with van der Waals surface area (Å²) in [4.78, 5) is 3.75. The minimum absolute atomic E-state index is 0.0663. The van der Waals surface area contributed by atoms with Crippen LogP contribution in [0.5, 0.6) is 0 Å². The highest BCUT2D eigenvalue weighted by Crippen LogP contribution is 2.28. The number of halogens is 3. The maximum Gasteiger partial charge on any atom is 0.406 e. The lowest BCUT2D eigenvalue weighted by molar-refractivity contribution is -0.141. The Hall–Kier alpha value is -2.62. The number of hydrogen-bond donors (Lipinski definition) is 0. The van der Waals surface area contributed by atoms with Crippen LogP contribution >= 0.6 is 0 Å². The fourth-order valence-corrected chi connectivity index (χ4v) is 3.73. The maximum atomic E-state index is 13.0. The van der Waals surface area contributed by atoms with Crippen molar-refractivity contribution >= 4 is 9.84 Å². The van der Waals surface area contributed by atoms with Gasteiger partial charge in [0, 0.05) is 6.07 Å². The number of alkyl halides is 3. The SMILES string of the molecule is O=S(=O)(Cc1ccon1)c1ncc(-c2ccccc2)n1CC(F)(F)F. The number of sulfone groups is 1. The van der Waals surface area contributed by atoms with Gasteiger partial charge in [0.15, 0.2) is 0 Å². The van der Waals surface area contributed by atoms with Gasteiger partial charge in [-0.15, -0.1) is 0 Å². The van der Waals surface area contributed by atoms with Gasteiger partial charge in [0.2, 0.25) is 15.0 Å². The third-order valence-electron chi connectivity index (χ3n) is 3.33. The molecule has 3 rings (SSSR count). The Morgan fingerprint density at radius 1 is 1.12 bits per heavy atom. The predicted octanol–water partition coefficient (Wildman–Crippen LogP) is 3.07. The number of hydrogen-bond acceptors (Lipinski definition) is 5. The smallest absolute Gasteiger partial charge is 0.364 e. The van der Waals surface area contributed by atoms with Crippen LogP contribution in [0.4, 0.5) is 13.2 Å². The first kappa shape index (κ1) is 17.2. The highest BCUT2D eigenvalue weighted by atomic mass is 32.2.